The molecule has 3 aromatic rings. The summed E-state index contributed by atoms with van der Waals surface area (Å²) in [5.41, 5.74) is 1.24. The quantitative estimate of drug-likeness (QED) is 0.683. The molecule has 0 aliphatic carbocycles. The van der Waals surface area contributed by atoms with Crippen LogP contribution in [-0.2, 0) is 4.79 Å². The largest absolute Gasteiger partial charge is 0.300 e. The van der Waals surface area contributed by atoms with Crippen LogP contribution in [0, 0.1) is 11.6 Å². The molecule has 1 aliphatic rings. The molecule has 6 nitrogen and oxygen atoms in total. The van der Waals surface area contributed by atoms with Crippen LogP contribution < -0.4 is 5.32 Å². The first-order chi connectivity index (χ1) is 13.4. The first-order valence-corrected chi connectivity index (χ1v) is 8.98. The third kappa shape index (κ3) is 3.16. The number of fused-ring (bicyclic) bond motifs is 1. The number of carbonyl (C=O) groups excluding carboxylic acids is 3. The Bertz CT molecular complexity index is 1090. The number of aromatic nitrogens is 1. The standard InChI is InChI=1S/C19H11F2N3O3S/c20-13-6-5-10(7-14(13)21)15-9-28-19(22-15)23-16(25)8-24-17(26)11-3-1-2-4-12(11)18(24)27/h1-7,9H,8H2,(H,22,23,25). The molecule has 2 heterocycles. The summed E-state index contributed by atoms with van der Waals surface area (Å²) in [5.74, 6) is -3.62. The van der Waals surface area contributed by atoms with Crippen LogP contribution in [0.3, 0.4) is 0 Å². The molecule has 1 aliphatic heterocycles. The summed E-state index contributed by atoms with van der Waals surface area (Å²) in [6.45, 7) is -0.452. The molecule has 0 fully saturated rings. The Morgan fingerprint density at radius 1 is 1.04 bits per heavy atom. The molecule has 0 radical (unpaired) electrons. The summed E-state index contributed by atoms with van der Waals surface area (Å²) in [6, 6.07) is 9.72. The van der Waals surface area contributed by atoms with Crippen molar-refractivity contribution in [3.63, 3.8) is 0 Å². The lowest BCUT2D eigenvalue weighted by Gasteiger charge is -2.12. The Kier molecular flexibility index (Phi) is 4.44. The number of halogens is 2. The van der Waals surface area contributed by atoms with Crippen LogP contribution in [-0.4, -0.2) is 34.2 Å². The Hall–Kier alpha value is -3.46. The Labute approximate surface area is 161 Å². The van der Waals surface area contributed by atoms with Gasteiger partial charge in [0.15, 0.2) is 16.8 Å². The van der Waals surface area contributed by atoms with Crippen molar-refractivity contribution in [3.05, 3.63) is 70.6 Å². The SMILES string of the molecule is O=C(CN1C(=O)c2ccccc2C1=O)Nc1nc(-c2ccc(F)c(F)c2)cs1. The minimum atomic E-state index is -0.998. The maximum Gasteiger partial charge on any atom is 0.262 e. The lowest BCUT2D eigenvalue weighted by Crippen LogP contribution is -2.37. The van der Waals surface area contributed by atoms with Gasteiger partial charge in [-0.15, -0.1) is 11.3 Å². The van der Waals surface area contributed by atoms with Crippen molar-refractivity contribution in [1.82, 2.24) is 9.88 Å². The molecular formula is C19H11F2N3O3S. The van der Waals surface area contributed by atoms with E-state index in [9.17, 15) is 23.2 Å². The molecule has 1 N–H and O–H groups in total. The van der Waals surface area contributed by atoms with Gasteiger partial charge in [0.05, 0.1) is 16.8 Å². The van der Waals surface area contributed by atoms with Gasteiger partial charge in [0.2, 0.25) is 5.91 Å². The highest BCUT2D eigenvalue weighted by molar-refractivity contribution is 7.14. The Morgan fingerprint density at radius 3 is 2.36 bits per heavy atom. The number of nitrogens with one attached hydrogen (secondary N) is 1. The first-order valence-electron chi connectivity index (χ1n) is 8.10. The average molecular weight is 399 g/mol. The number of thiazole rings is 1. The summed E-state index contributed by atoms with van der Waals surface area (Å²) in [4.78, 5) is 41.9. The van der Waals surface area contributed by atoms with E-state index >= 15 is 0 Å². The number of hydrogen-bond donors (Lipinski definition) is 1. The number of benzene rings is 2. The van der Waals surface area contributed by atoms with E-state index in [4.69, 9.17) is 0 Å². The van der Waals surface area contributed by atoms with Crippen molar-refractivity contribution in [1.29, 1.82) is 0 Å². The molecule has 140 valence electrons. The van der Waals surface area contributed by atoms with Crippen molar-refractivity contribution < 1.29 is 23.2 Å². The minimum absolute atomic E-state index is 0.210. The van der Waals surface area contributed by atoms with Crippen LogP contribution in [0.25, 0.3) is 11.3 Å². The van der Waals surface area contributed by atoms with E-state index in [0.29, 0.717) is 11.3 Å². The van der Waals surface area contributed by atoms with Crippen LogP contribution in [0.5, 0.6) is 0 Å². The van der Waals surface area contributed by atoms with Gasteiger partial charge in [-0.1, -0.05) is 12.1 Å². The zero-order valence-electron chi connectivity index (χ0n) is 14.1. The smallest absolute Gasteiger partial charge is 0.262 e. The van der Waals surface area contributed by atoms with Crippen molar-refractivity contribution in [2.75, 3.05) is 11.9 Å². The molecule has 0 saturated heterocycles. The van der Waals surface area contributed by atoms with E-state index in [1.807, 2.05) is 0 Å². The van der Waals surface area contributed by atoms with E-state index in [2.05, 4.69) is 10.3 Å². The summed E-state index contributed by atoms with van der Waals surface area (Å²) in [5, 5.41) is 4.29. The second-order valence-corrected chi connectivity index (χ2v) is 6.82. The van der Waals surface area contributed by atoms with Gasteiger partial charge in [0.25, 0.3) is 11.8 Å². The van der Waals surface area contributed by atoms with Crippen LogP contribution in [0.1, 0.15) is 20.7 Å². The van der Waals surface area contributed by atoms with Gasteiger partial charge in [-0.05, 0) is 30.3 Å². The molecule has 28 heavy (non-hydrogen) atoms. The highest BCUT2D eigenvalue weighted by Crippen LogP contribution is 2.26. The minimum Gasteiger partial charge on any atom is -0.300 e. The van der Waals surface area contributed by atoms with E-state index < -0.39 is 35.9 Å². The second kappa shape index (κ2) is 6.93. The van der Waals surface area contributed by atoms with Crippen LogP contribution in [0.4, 0.5) is 13.9 Å². The van der Waals surface area contributed by atoms with Gasteiger partial charge in [0.1, 0.15) is 6.54 Å². The molecule has 9 heteroatoms. The van der Waals surface area contributed by atoms with Crippen LogP contribution in [0.15, 0.2) is 47.8 Å². The van der Waals surface area contributed by atoms with Gasteiger partial charge in [-0.25, -0.2) is 13.8 Å². The van der Waals surface area contributed by atoms with E-state index in [1.165, 1.54) is 18.2 Å². The lowest BCUT2D eigenvalue weighted by molar-refractivity contribution is -0.116. The normalized spacial score (nSPS) is 13.0. The highest BCUT2D eigenvalue weighted by atomic mass is 32.1. The molecule has 2 aromatic carbocycles. The maximum absolute atomic E-state index is 13.4. The molecule has 0 atom stereocenters. The summed E-state index contributed by atoms with van der Waals surface area (Å²) < 4.78 is 26.4. The number of nitrogens with zero attached hydrogens (tertiary/aromatic N) is 2. The van der Waals surface area contributed by atoms with Crippen molar-refractivity contribution in [2.24, 2.45) is 0 Å². The summed E-state index contributed by atoms with van der Waals surface area (Å²) >= 11 is 1.08. The predicted octanol–water partition coefficient (Wildman–Crippen LogP) is 3.32. The van der Waals surface area contributed by atoms with Crippen LogP contribution >= 0.6 is 11.3 Å². The van der Waals surface area contributed by atoms with Crippen molar-refractivity contribution in [2.45, 2.75) is 0 Å². The zero-order chi connectivity index (χ0) is 19.8. The predicted molar refractivity (Wildman–Crippen MR) is 97.9 cm³/mol. The summed E-state index contributed by atoms with van der Waals surface area (Å²) in [7, 11) is 0. The highest BCUT2D eigenvalue weighted by Gasteiger charge is 2.36. The molecule has 1 aromatic heterocycles. The average Bonchev–Trinajstić information content (AvgIpc) is 3.23. The van der Waals surface area contributed by atoms with Gasteiger partial charge in [-0.3, -0.25) is 19.3 Å². The van der Waals surface area contributed by atoms with Crippen molar-refractivity contribution >= 4 is 34.2 Å². The molecule has 0 bridgehead atoms. The fraction of sp³-hybridized carbons (Fsp3) is 0.0526. The molecule has 4 rings (SSSR count). The van der Waals surface area contributed by atoms with Gasteiger partial charge in [-0.2, -0.15) is 0 Å². The molecule has 0 unspecified atom stereocenters. The summed E-state index contributed by atoms with van der Waals surface area (Å²) in [6.07, 6.45) is 0. The maximum atomic E-state index is 13.4. The number of anilines is 1. The third-order valence-electron chi connectivity index (χ3n) is 4.15. The van der Waals surface area contributed by atoms with Gasteiger partial charge in [0, 0.05) is 10.9 Å². The zero-order valence-corrected chi connectivity index (χ0v) is 14.9. The lowest BCUT2D eigenvalue weighted by atomic mass is 10.1. The van der Waals surface area contributed by atoms with Gasteiger partial charge < -0.3 is 5.32 Å². The number of carbonyl (C=O) groups is 3. The monoisotopic (exact) mass is 399 g/mol. The van der Waals surface area contributed by atoms with Crippen LogP contribution in [0.2, 0.25) is 0 Å². The number of hydrogen-bond acceptors (Lipinski definition) is 5. The van der Waals surface area contributed by atoms with E-state index in [0.717, 1.165) is 28.4 Å². The fourth-order valence-electron chi connectivity index (χ4n) is 2.80. The van der Waals surface area contributed by atoms with E-state index in [1.54, 1.807) is 17.5 Å². The third-order valence-corrected chi connectivity index (χ3v) is 4.90. The number of rotatable bonds is 4. The topological polar surface area (TPSA) is 79.4 Å². The molecular weight excluding hydrogens is 388 g/mol. The van der Waals surface area contributed by atoms with Crippen molar-refractivity contribution in [3.8, 4) is 11.3 Å². The fourth-order valence-corrected chi connectivity index (χ4v) is 3.54. The molecule has 3 amide bonds. The Morgan fingerprint density at radius 2 is 1.71 bits per heavy atom. The van der Waals surface area contributed by atoms with Gasteiger partial charge >= 0.3 is 0 Å². The Balaban J connectivity index is 1.45. The van der Waals surface area contributed by atoms with E-state index in [-0.39, 0.29) is 16.3 Å². The number of amides is 3. The molecule has 0 saturated carbocycles. The second-order valence-electron chi connectivity index (χ2n) is 5.96. The molecule has 0 spiro atoms. The number of imide groups is 1. The first kappa shape index (κ1) is 17.9.